The van der Waals surface area contributed by atoms with E-state index in [2.05, 4.69) is 6.92 Å². The lowest BCUT2D eigenvalue weighted by Crippen LogP contribution is -2.27. The Morgan fingerprint density at radius 1 is 1.13 bits per heavy atom. The Balaban J connectivity index is 2.78. The van der Waals surface area contributed by atoms with Crippen LogP contribution in [0.5, 0.6) is 0 Å². The lowest BCUT2D eigenvalue weighted by molar-refractivity contribution is 0.362. The minimum absolute atomic E-state index is 0.0685. The molecule has 0 radical (unpaired) electrons. The molecule has 3 heteroatoms. The van der Waals surface area contributed by atoms with Crippen molar-refractivity contribution in [3.05, 3.63) is 35.6 Å². The standard InChI is InChI=1S/C12H15Cl2F/c1-2-12(8-13,9-14)7-10-3-5-11(15)6-4-10/h3-6H,2,7-9H2,1H3. The molecule has 1 aromatic carbocycles. The van der Waals surface area contributed by atoms with Gasteiger partial charge in [0, 0.05) is 17.2 Å². The van der Waals surface area contributed by atoms with Gasteiger partial charge in [0.15, 0.2) is 0 Å². The van der Waals surface area contributed by atoms with E-state index >= 15 is 0 Å². The van der Waals surface area contributed by atoms with Crippen molar-refractivity contribution >= 4 is 23.2 Å². The molecule has 0 atom stereocenters. The maximum absolute atomic E-state index is 12.7. The number of rotatable bonds is 5. The monoisotopic (exact) mass is 248 g/mol. The zero-order valence-electron chi connectivity index (χ0n) is 8.77. The Kier molecular flexibility index (Phi) is 4.88. The van der Waals surface area contributed by atoms with Crippen LogP contribution in [0.2, 0.25) is 0 Å². The Morgan fingerprint density at radius 3 is 2.07 bits per heavy atom. The molecule has 0 N–H and O–H groups in total. The van der Waals surface area contributed by atoms with Gasteiger partial charge in [0.25, 0.3) is 0 Å². The number of hydrogen-bond donors (Lipinski definition) is 0. The summed E-state index contributed by atoms with van der Waals surface area (Å²) in [6.45, 7) is 2.08. The van der Waals surface area contributed by atoms with Crippen molar-refractivity contribution in [3.8, 4) is 0 Å². The zero-order chi connectivity index (χ0) is 11.3. The molecular weight excluding hydrogens is 234 g/mol. The summed E-state index contributed by atoms with van der Waals surface area (Å²) in [5.41, 5.74) is 1.01. The maximum atomic E-state index is 12.7. The molecule has 15 heavy (non-hydrogen) atoms. The molecule has 1 aromatic rings. The molecule has 0 heterocycles. The van der Waals surface area contributed by atoms with Crippen LogP contribution in [0.4, 0.5) is 4.39 Å². The van der Waals surface area contributed by atoms with Crippen LogP contribution in [0.1, 0.15) is 18.9 Å². The highest BCUT2D eigenvalue weighted by atomic mass is 35.5. The van der Waals surface area contributed by atoms with Crippen LogP contribution in [-0.4, -0.2) is 11.8 Å². The number of hydrogen-bond acceptors (Lipinski definition) is 0. The topological polar surface area (TPSA) is 0 Å². The molecule has 0 bridgehead atoms. The van der Waals surface area contributed by atoms with Gasteiger partial charge in [-0.3, -0.25) is 0 Å². The minimum atomic E-state index is -0.211. The third kappa shape index (κ3) is 3.35. The van der Waals surface area contributed by atoms with Crippen molar-refractivity contribution in [1.82, 2.24) is 0 Å². The van der Waals surface area contributed by atoms with Crippen molar-refractivity contribution in [2.75, 3.05) is 11.8 Å². The van der Waals surface area contributed by atoms with Crippen molar-refractivity contribution in [2.24, 2.45) is 5.41 Å². The SMILES string of the molecule is CCC(CCl)(CCl)Cc1ccc(F)cc1. The highest BCUT2D eigenvalue weighted by molar-refractivity contribution is 6.21. The minimum Gasteiger partial charge on any atom is -0.207 e. The first-order valence-corrected chi connectivity index (χ1v) is 6.09. The summed E-state index contributed by atoms with van der Waals surface area (Å²) >= 11 is 11.9. The summed E-state index contributed by atoms with van der Waals surface area (Å²) in [4.78, 5) is 0. The smallest absolute Gasteiger partial charge is 0.123 e. The van der Waals surface area contributed by atoms with Crippen LogP contribution in [0, 0.1) is 11.2 Å². The van der Waals surface area contributed by atoms with E-state index in [4.69, 9.17) is 23.2 Å². The molecule has 1 rings (SSSR count). The molecule has 0 nitrogen and oxygen atoms in total. The summed E-state index contributed by atoms with van der Waals surface area (Å²) in [5, 5.41) is 0. The molecule has 0 aromatic heterocycles. The first kappa shape index (κ1) is 12.8. The Hall–Kier alpha value is -0.270. The van der Waals surface area contributed by atoms with Gasteiger partial charge in [0.2, 0.25) is 0 Å². The summed E-state index contributed by atoms with van der Waals surface area (Å²) in [6, 6.07) is 6.52. The highest BCUT2D eigenvalue weighted by Gasteiger charge is 2.26. The molecule has 0 unspecified atom stereocenters. The average Bonchev–Trinajstić information content (AvgIpc) is 2.29. The Labute approximate surface area is 100 Å². The molecule has 0 amide bonds. The molecule has 84 valence electrons. The summed E-state index contributed by atoms with van der Waals surface area (Å²) in [5.74, 6) is 0.854. The average molecular weight is 249 g/mol. The second-order valence-electron chi connectivity index (χ2n) is 3.92. The lowest BCUT2D eigenvalue weighted by Gasteiger charge is -2.28. The van der Waals surface area contributed by atoms with Crippen LogP contribution in [0.25, 0.3) is 0 Å². The Bertz CT molecular complexity index is 283. The predicted molar refractivity (Wildman–Crippen MR) is 64.3 cm³/mol. The van der Waals surface area contributed by atoms with E-state index in [1.807, 2.05) is 0 Å². The van der Waals surface area contributed by atoms with Crippen LogP contribution in [0.3, 0.4) is 0 Å². The second-order valence-corrected chi connectivity index (χ2v) is 4.46. The summed E-state index contributed by atoms with van der Waals surface area (Å²) in [6.07, 6.45) is 1.73. The molecule has 0 spiro atoms. The second kappa shape index (κ2) is 5.72. The van der Waals surface area contributed by atoms with Crippen molar-refractivity contribution < 1.29 is 4.39 Å². The van der Waals surface area contributed by atoms with Crippen LogP contribution < -0.4 is 0 Å². The normalized spacial score (nSPS) is 11.7. The van der Waals surface area contributed by atoms with E-state index in [-0.39, 0.29) is 11.2 Å². The molecule has 0 aliphatic carbocycles. The quantitative estimate of drug-likeness (QED) is 0.684. The predicted octanol–water partition coefficient (Wildman–Crippen LogP) is 4.24. The number of benzene rings is 1. The molecule has 0 aliphatic heterocycles. The third-order valence-electron chi connectivity index (χ3n) is 2.81. The van der Waals surface area contributed by atoms with E-state index in [1.165, 1.54) is 12.1 Å². The van der Waals surface area contributed by atoms with Gasteiger partial charge in [-0.25, -0.2) is 4.39 Å². The molecule has 0 saturated heterocycles. The van der Waals surface area contributed by atoms with Crippen LogP contribution in [-0.2, 0) is 6.42 Å². The largest absolute Gasteiger partial charge is 0.207 e. The van der Waals surface area contributed by atoms with Gasteiger partial charge in [-0.05, 0) is 30.5 Å². The fourth-order valence-electron chi connectivity index (χ4n) is 1.48. The van der Waals surface area contributed by atoms with E-state index < -0.39 is 0 Å². The van der Waals surface area contributed by atoms with Crippen molar-refractivity contribution in [1.29, 1.82) is 0 Å². The van der Waals surface area contributed by atoms with Crippen molar-refractivity contribution in [3.63, 3.8) is 0 Å². The van der Waals surface area contributed by atoms with Gasteiger partial charge in [-0.15, -0.1) is 23.2 Å². The van der Waals surface area contributed by atoms with E-state index in [9.17, 15) is 4.39 Å². The Morgan fingerprint density at radius 2 is 1.67 bits per heavy atom. The van der Waals surface area contributed by atoms with Crippen LogP contribution >= 0.6 is 23.2 Å². The fourth-order valence-corrected chi connectivity index (χ4v) is 2.33. The molecule has 0 aliphatic rings. The molecule has 0 fully saturated rings. The molecular formula is C12H15Cl2F. The van der Waals surface area contributed by atoms with Gasteiger partial charge in [0.05, 0.1) is 0 Å². The van der Waals surface area contributed by atoms with Gasteiger partial charge < -0.3 is 0 Å². The highest BCUT2D eigenvalue weighted by Crippen LogP contribution is 2.30. The van der Waals surface area contributed by atoms with Crippen LogP contribution in [0.15, 0.2) is 24.3 Å². The van der Waals surface area contributed by atoms with Gasteiger partial charge in [0.1, 0.15) is 5.82 Å². The van der Waals surface area contributed by atoms with Gasteiger partial charge >= 0.3 is 0 Å². The lowest BCUT2D eigenvalue weighted by atomic mass is 9.83. The summed E-state index contributed by atoms with van der Waals surface area (Å²) in [7, 11) is 0. The van der Waals surface area contributed by atoms with E-state index in [0.717, 1.165) is 18.4 Å². The fraction of sp³-hybridized carbons (Fsp3) is 0.500. The maximum Gasteiger partial charge on any atom is 0.123 e. The summed E-state index contributed by atoms with van der Waals surface area (Å²) < 4.78 is 12.7. The number of halogens is 3. The molecule has 0 saturated carbocycles. The first-order valence-electron chi connectivity index (χ1n) is 5.02. The van der Waals surface area contributed by atoms with E-state index in [0.29, 0.717) is 11.8 Å². The van der Waals surface area contributed by atoms with Gasteiger partial charge in [-0.1, -0.05) is 19.1 Å². The van der Waals surface area contributed by atoms with Gasteiger partial charge in [-0.2, -0.15) is 0 Å². The number of alkyl halides is 2. The zero-order valence-corrected chi connectivity index (χ0v) is 10.3. The third-order valence-corrected chi connectivity index (χ3v) is 3.94. The van der Waals surface area contributed by atoms with E-state index in [1.54, 1.807) is 12.1 Å². The first-order chi connectivity index (χ1) is 7.15. The van der Waals surface area contributed by atoms with Crippen molar-refractivity contribution in [2.45, 2.75) is 19.8 Å².